The third-order valence-electron chi connectivity index (χ3n) is 4.60. The average Bonchev–Trinajstić information content (AvgIpc) is 3.18. The molecule has 0 spiro atoms. The lowest BCUT2D eigenvalue weighted by Gasteiger charge is -2.30. The van der Waals surface area contributed by atoms with E-state index in [0.717, 1.165) is 26.0 Å². The maximum Gasteiger partial charge on any atom is 0.272 e. The lowest BCUT2D eigenvalue weighted by atomic mass is 10.2. The molecule has 0 aliphatic carbocycles. The number of amides is 1. The third kappa shape index (κ3) is 3.03. The summed E-state index contributed by atoms with van der Waals surface area (Å²) in [6.07, 6.45) is 0. The van der Waals surface area contributed by atoms with Crippen molar-refractivity contribution in [3.63, 3.8) is 0 Å². The second-order valence-corrected chi connectivity index (χ2v) is 7.52. The third-order valence-corrected chi connectivity index (χ3v) is 5.73. The Balaban J connectivity index is 1.45. The fraction of sp³-hybridized carbons (Fsp3) is 0.0500. The minimum Gasteiger partial charge on any atom is -0.385 e. The van der Waals surface area contributed by atoms with Crippen LogP contribution in [0.25, 0.3) is 11.0 Å². The van der Waals surface area contributed by atoms with Gasteiger partial charge in [0.2, 0.25) is 0 Å². The van der Waals surface area contributed by atoms with Crippen molar-refractivity contribution in [1.82, 2.24) is 15.2 Å². The van der Waals surface area contributed by atoms with Gasteiger partial charge in [-0.2, -0.15) is 0 Å². The number of anilines is 2. The molecule has 148 valence electrons. The molecule has 0 unspecified atom stereocenters. The number of hydrogen-bond donors (Lipinski definition) is 0. The predicted molar refractivity (Wildman–Crippen MR) is 110 cm³/mol. The number of nitrogens with zero attached hydrogens (tertiary/aromatic N) is 5. The molecule has 1 aliphatic heterocycles. The van der Waals surface area contributed by atoms with Gasteiger partial charge in [-0.25, -0.2) is 0 Å². The Labute approximate surface area is 174 Å². The number of para-hydroxylation sites is 2. The SMILES string of the molecule is O=C(COn1nnc2ccc([N+](=O)[O-])cc21)N1c2ccccc2Sc2ccccc21. The minimum absolute atomic E-state index is 0.114. The maximum absolute atomic E-state index is 13.2. The quantitative estimate of drug-likeness (QED) is 0.368. The van der Waals surface area contributed by atoms with E-state index in [2.05, 4.69) is 10.3 Å². The first-order chi connectivity index (χ1) is 14.6. The van der Waals surface area contributed by atoms with Crippen LogP contribution in [0.1, 0.15) is 0 Å². The van der Waals surface area contributed by atoms with Gasteiger partial charge in [0.25, 0.3) is 11.6 Å². The highest BCUT2D eigenvalue weighted by atomic mass is 32.2. The number of benzene rings is 3. The molecule has 0 bridgehead atoms. The lowest BCUT2D eigenvalue weighted by molar-refractivity contribution is -0.384. The smallest absolute Gasteiger partial charge is 0.272 e. The fourth-order valence-electron chi connectivity index (χ4n) is 3.25. The minimum atomic E-state index is -0.513. The summed E-state index contributed by atoms with van der Waals surface area (Å²) in [6, 6.07) is 19.4. The number of nitro groups is 1. The van der Waals surface area contributed by atoms with Gasteiger partial charge < -0.3 is 4.84 Å². The van der Waals surface area contributed by atoms with E-state index in [1.54, 1.807) is 16.7 Å². The molecule has 9 nitrogen and oxygen atoms in total. The normalized spacial score (nSPS) is 12.3. The Morgan fingerprint density at radius 2 is 1.70 bits per heavy atom. The Hall–Kier alpha value is -3.92. The molecule has 0 saturated carbocycles. The summed E-state index contributed by atoms with van der Waals surface area (Å²) >= 11 is 1.60. The Morgan fingerprint density at radius 1 is 1.03 bits per heavy atom. The number of rotatable bonds is 4. The summed E-state index contributed by atoms with van der Waals surface area (Å²) in [5.74, 6) is -0.302. The van der Waals surface area contributed by atoms with Crippen molar-refractivity contribution < 1.29 is 14.6 Å². The molecule has 0 fully saturated rings. The van der Waals surface area contributed by atoms with Gasteiger partial charge in [-0.05, 0) is 35.5 Å². The molecule has 2 heterocycles. The van der Waals surface area contributed by atoms with Crippen LogP contribution in [-0.2, 0) is 4.79 Å². The first-order valence-corrected chi connectivity index (χ1v) is 9.75. The van der Waals surface area contributed by atoms with Gasteiger partial charge >= 0.3 is 0 Å². The highest BCUT2D eigenvalue weighted by Gasteiger charge is 2.28. The summed E-state index contributed by atoms with van der Waals surface area (Å²) < 4.78 is 0. The van der Waals surface area contributed by atoms with Crippen molar-refractivity contribution in [2.75, 3.05) is 11.5 Å². The summed E-state index contributed by atoms with van der Waals surface area (Å²) in [7, 11) is 0. The first-order valence-electron chi connectivity index (χ1n) is 8.94. The number of hydrogen-bond acceptors (Lipinski definition) is 7. The number of aromatic nitrogens is 3. The van der Waals surface area contributed by atoms with Crippen molar-refractivity contribution in [1.29, 1.82) is 0 Å². The van der Waals surface area contributed by atoms with Crippen LogP contribution in [0.5, 0.6) is 0 Å². The second kappa shape index (κ2) is 7.16. The Kier molecular flexibility index (Phi) is 4.32. The Bertz CT molecular complexity index is 1260. The van der Waals surface area contributed by atoms with E-state index < -0.39 is 4.92 Å². The van der Waals surface area contributed by atoms with Crippen LogP contribution < -0.4 is 9.74 Å². The van der Waals surface area contributed by atoms with Crippen LogP contribution in [0.15, 0.2) is 76.5 Å². The van der Waals surface area contributed by atoms with Gasteiger partial charge in [-0.15, -0.1) is 5.10 Å². The molecule has 3 aromatic carbocycles. The summed E-state index contributed by atoms with van der Waals surface area (Å²) in [4.78, 5) is 33.8. The number of carbonyl (C=O) groups is 1. The molecule has 1 aliphatic rings. The molecular weight excluding hydrogens is 406 g/mol. The van der Waals surface area contributed by atoms with Crippen LogP contribution in [0.2, 0.25) is 0 Å². The molecule has 10 heteroatoms. The second-order valence-electron chi connectivity index (χ2n) is 6.43. The molecule has 0 radical (unpaired) electrons. The number of non-ortho nitro benzene ring substituents is 1. The molecule has 1 aromatic heterocycles. The molecule has 0 saturated heterocycles. The fourth-order valence-corrected chi connectivity index (χ4v) is 4.31. The average molecular weight is 419 g/mol. The number of carbonyl (C=O) groups excluding carboxylic acids is 1. The lowest BCUT2D eigenvalue weighted by Crippen LogP contribution is -2.35. The molecule has 0 atom stereocenters. The van der Waals surface area contributed by atoms with Crippen molar-refractivity contribution in [3.8, 4) is 0 Å². The highest BCUT2D eigenvalue weighted by molar-refractivity contribution is 7.99. The first kappa shape index (κ1) is 18.1. The van der Waals surface area contributed by atoms with Crippen LogP contribution in [0.3, 0.4) is 0 Å². The molecule has 0 N–H and O–H groups in total. The molecular formula is C20H13N5O4S. The topological polar surface area (TPSA) is 103 Å². The van der Waals surface area contributed by atoms with Crippen molar-refractivity contribution in [2.24, 2.45) is 0 Å². The van der Waals surface area contributed by atoms with Crippen molar-refractivity contribution >= 4 is 45.8 Å². The molecule has 4 aromatic rings. The van der Waals surface area contributed by atoms with E-state index in [1.807, 2.05) is 48.5 Å². The van der Waals surface area contributed by atoms with Gasteiger partial charge in [-0.1, -0.05) is 40.9 Å². The van der Waals surface area contributed by atoms with E-state index in [0.29, 0.717) is 11.0 Å². The molecule has 1 amide bonds. The van der Waals surface area contributed by atoms with Gasteiger partial charge in [0.05, 0.1) is 16.3 Å². The van der Waals surface area contributed by atoms with E-state index in [-0.39, 0.29) is 18.2 Å². The summed E-state index contributed by atoms with van der Waals surface area (Å²) in [5.41, 5.74) is 2.17. The number of nitro benzene ring substituents is 1. The predicted octanol–water partition coefficient (Wildman–Crippen LogP) is 3.60. The van der Waals surface area contributed by atoms with Gasteiger partial charge in [0.1, 0.15) is 11.0 Å². The Morgan fingerprint density at radius 3 is 2.37 bits per heavy atom. The van der Waals surface area contributed by atoms with E-state index in [9.17, 15) is 14.9 Å². The van der Waals surface area contributed by atoms with E-state index in [4.69, 9.17) is 4.84 Å². The van der Waals surface area contributed by atoms with Crippen molar-refractivity contribution in [2.45, 2.75) is 9.79 Å². The van der Waals surface area contributed by atoms with Gasteiger partial charge in [0.15, 0.2) is 6.61 Å². The van der Waals surface area contributed by atoms with E-state index in [1.165, 1.54) is 18.2 Å². The highest BCUT2D eigenvalue weighted by Crippen LogP contribution is 2.47. The molecule has 5 rings (SSSR count). The van der Waals surface area contributed by atoms with Crippen LogP contribution in [-0.4, -0.2) is 32.6 Å². The zero-order valence-corrected chi connectivity index (χ0v) is 16.2. The maximum atomic E-state index is 13.2. The monoisotopic (exact) mass is 419 g/mol. The van der Waals surface area contributed by atoms with Crippen molar-refractivity contribution in [3.05, 3.63) is 76.8 Å². The zero-order chi connectivity index (χ0) is 20.7. The standard InChI is InChI=1S/C20H13N5O4S/c26-20(12-29-24-17-11-13(25(27)28)9-10-14(17)21-22-24)23-15-5-1-3-7-18(15)30-19-8-4-2-6-16(19)23/h1-11H,12H2. The van der Waals surface area contributed by atoms with Gasteiger partial charge in [0, 0.05) is 21.9 Å². The largest absolute Gasteiger partial charge is 0.385 e. The molecule has 30 heavy (non-hydrogen) atoms. The zero-order valence-electron chi connectivity index (χ0n) is 15.3. The number of fused-ring (bicyclic) bond motifs is 3. The summed E-state index contributed by atoms with van der Waals surface area (Å²) in [5, 5.41) is 18.8. The summed E-state index contributed by atoms with van der Waals surface area (Å²) in [6.45, 7) is -0.325. The van der Waals surface area contributed by atoms with Crippen LogP contribution >= 0.6 is 11.8 Å². The van der Waals surface area contributed by atoms with Gasteiger partial charge in [-0.3, -0.25) is 19.8 Å². The van der Waals surface area contributed by atoms with Crippen LogP contribution in [0.4, 0.5) is 17.1 Å². The van der Waals surface area contributed by atoms with E-state index >= 15 is 0 Å². The van der Waals surface area contributed by atoms with Crippen LogP contribution in [0, 0.1) is 10.1 Å².